The third-order valence-corrected chi connectivity index (χ3v) is 5.93. The molecule has 2 fully saturated rings. The van der Waals surface area contributed by atoms with Gasteiger partial charge < -0.3 is 20.6 Å². The van der Waals surface area contributed by atoms with Crippen LogP contribution in [0.2, 0.25) is 0 Å². The van der Waals surface area contributed by atoms with E-state index in [0.717, 1.165) is 37.9 Å². The summed E-state index contributed by atoms with van der Waals surface area (Å²) in [7, 11) is 2.09. The summed E-state index contributed by atoms with van der Waals surface area (Å²) in [5.74, 6) is 0.501. The molecule has 0 aliphatic carbocycles. The number of rotatable bonds is 4. The van der Waals surface area contributed by atoms with E-state index in [1.54, 1.807) is 6.07 Å². The Morgan fingerprint density at radius 2 is 2.15 bits per heavy atom. The number of hydrogen-bond acceptors (Lipinski definition) is 6. The van der Waals surface area contributed by atoms with Crippen molar-refractivity contribution in [2.75, 3.05) is 39.0 Å². The lowest BCUT2D eigenvalue weighted by atomic mass is 9.69. The molecule has 1 aromatic rings. The first-order valence-corrected chi connectivity index (χ1v) is 9.58. The van der Waals surface area contributed by atoms with Crippen LogP contribution in [0.25, 0.3) is 0 Å². The van der Waals surface area contributed by atoms with Gasteiger partial charge in [-0.05, 0) is 51.3 Å². The minimum Gasteiger partial charge on any atom is -0.396 e. The molecule has 3 rings (SSSR count). The first-order chi connectivity index (χ1) is 12.3. The Morgan fingerprint density at radius 3 is 2.85 bits per heavy atom. The van der Waals surface area contributed by atoms with Crippen LogP contribution in [-0.2, 0) is 6.42 Å². The van der Waals surface area contributed by atoms with Gasteiger partial charge in [-0.25, -0.2) is 9.97 Å². The van der Waals surface area contributed by atoms with Gasteiger partial charge >= 0.3 is 0 Å². The van der Waals surface area contributed by atoms with Crippen LogP contribution in [-0.4, -0.2) is 70.1 Å². The number of nitrogens with two attached hydrogens (primary N) is 1. The number of nitrogens with zero attached hydrogens (tertiary/aromatic N) is 4. The van der Waals surface area contributed by atoms with Crippen LogP contribution in [0.5, 0.6) is 0 Å². The first kappa shape index (κ1) is 19.0. The van der Waals surface area contributed by atoms with Crippen LogP contribution in [0.1, 0.15) is 49.3 Å². The van der Waals surface area contributed by atoms with Gasteiger partial charge in [0.05, 0.1) is 6.61 Å². The summed E-state index contributed by atoms with van der Waals surface area (Å²) in [5, 5.41) is 10.0. The van der Waals surface area contributed by atoms with Gasteiger partial charge in [-0.2, -0.15) is 0 Å². The SMILES string of the molecule is CC(C)Cc1cc(C(=O)N2CC[C@@]3(CO)CCCN(C)[C@@H]3C2)nc(N)n1. The van der Waals surface area contributed by atoms with Gasteiger partial charge in [-0.1, -0.05) is 13.8 Å². The monoisotopic (exact) mass is 361 g/mol. The normalized spacial score (nSPS) is 26.8. The molecule has 1 aromatic heterocycles. The molecule has 0 radical (unpaired) electrons. The number of likely N-dealkylation sites (tertiary alicyclic amines) is 2. The number of piperidine rings is 2. The molecule has 7 heteroatoms. The fraction of sp³-hybridized carbons (Fsp3) is 0.737. The molecule has 144 valence electrons. The quantitative estimate of drug-likeness (QED) is 0.836. The number of amides is 1. The Balaban J connectivity index is 1.80. The zero-order valence-corrected chi connectivity index (χ0v) is 16.1. The highest BCUT2D eigenvalue weighted by atomic mass is 16.3. The molecule has 3 heterocycles. The summed E-state index contributed by atoms with van der Waals surface area (Å²) in [6.45, 7) is 6.68. The lowest BCUT2D eigenvalue weighted by Gasteiger charge is -2.53. The molecule has 2 atom stereocenters. The minimum atomic E-state index is -0.0883. The van der Waals surface area contributed by atoms with Gasteiger partial charge in [-0.15, -0.1) is 0 Å². The van der Waals surface area contributed by atoms with Crippen LogP contribution in [0.3, 0.4) is 0 Å². The largest absolute Gasteiger partial charge is 0.396 e. The third kappa shape index (κ3) is 3.69. The zero-order chi connectivity index (χ0) is 18.9. The molecule has 1 amide bonds. The highest BCUT2D eigenvalue weighted by Crippen LogP contribution is 2.41. The molecule has 7 nitrogen and oxygen atoms in total. The number of fused-ring (bicyclic) bond motifs is 1. The summed E-state index contributed by atoms with van der Waals surface area (Å²) in [6, 6.07) is 1.96. The molecule has 0 unspecified atom stereocenters. The molecule has 0 bridgehead atoms. The fourth-order valence-corrected chi connectivity index (χ4v) is 4.51. The lowest BCUT2D eigenvalue weighted by molar-refractivity contribution is -0.0602. The molecule has 3 N–H and O–H groups in total. The summed E-state index contributed by atoms with van der Waals surface area (Å²) < 4.78 is 0. The van der Waals surface area contributed by atoms with E-state index in [-0.39, 0.29) is 29.9 Å². The number of carbonyl (C=O) groups is 1. The summed E-state index contributed by atoms with van der Waals surface area (Å²) >= 11 is 0. The molecular formula is C19H31N5O2. The van der Waals surface area contributed by atoms with Crippen molar-refractivity contribution in [3.8, 4) is 0 Å². The number of nitrogen functional groups attached to an aromatic ring is 1. The lowest BCUT2D eigenvalue weighted by Crippen LogP contribution is -2.62. The average Bonchev–Trinajstić information content (AvgIpc) is 2.60. The van der Waals surface area contributed by atoms with Crippen molar-refractivity contribution in [1.82, 2.24) is 19.8 Å². The molecule has 0 saturated carbocycles. The Hall–Kier alpha value is -1.73. The molecular weight excluding hydrogens is 330 g/mol. The maximum absolute atomic E-state index is 13.1. The van der Waals surface area contributed by atoms with Gasteiger partial charge in [0.1, 0.15) is 5.69 Å². The van der Waals surface area contributed by atoms with Crippen molar-refractivity contribution < 1.29 is 9.90 Å². The Bertz CT molecular complexity index is 665. The van der Waals surface area contributed by atoms with Gasteiger partial charge in [0, 0.05) is 30.2 Å². The van der Waals surface area contributed by atoms with Crippen LogP contribution < -0.4 is 5.73 Å². The van der Waals surface area contributed by atoms with Crippen LogP contribution in [0.15, 0.2) is 6.07 Å². The van der Waals surface area contributed by atoms with Crippen molar-refractivity contribution >= 4 is 11.9 Å². The van der Waals surface area contributed by atoms with E-state index in [0.29, 0.717) is 24.7 Å². The maximum atomic E-state index is 13.1. The van der Waals surface area contributed by atoms with E-state index in [9.17, 15) is 9.90 Å². The van der Waals surface area contributed by atoms with Crippen molar-refractivity contribution in [2.45, 2.75) is 45.6 Å². The van der Waals surface area contributed by atoms with Crippen LogP contribution >= 0.6 is 0 Å². The zero-order valence-electron chi connectivity index (χ0n) is 16.1. The standard InChI is InChI=1S/C19H31N5O2/c1-13(2)9-14-10-15(22-18(20)21-14)17(26)24-8-6-19(12-25)5-4-7-23(3)16(19)11-24/h10,13,16,25H,4-9,11-12H2,1-3H3,(H2,20,21,22)/t16-,19-/m1/s1. The Kier molecular flexibility index (Phi) is 5.48. The fourth-order valence-electron chi connectivity index (χ4n) is 4.51. The number of aliphatic hydroxyl groups is 1. The highest BCUT2D eigenvalue weighted by molar-refractivity contribution is 5.92. The van der Waals surface area contributed by atoms with Crippen LogP contribution in [0.4, 0.5) is 5.95 Å². The number of anilines is 1. The molecule has 0 spiro atoms. The average molecular weight is 361 g/mol. The predicted octanol–water partition coefficient (Wildman–Crippen LogP) is 1.18. The Labute approximate surface area is 155 Å². The molecule has 2 saturated heterocycles. The molecule has 2 aliphatic rings. The van der Waals surface area contributed by atoms with Crippen molar-refractivity contribution in [3.63, 3.8) is 0 Å². The number of likely N-dealkylation sites (N-methyl/N-ethyl adjacent to an activating group) is 1. The molecule has 2 aliphatic heterocycles. The first-order valence-electron chi connectivity index (χ1n) is 9.58. The van der Waals surface area contributed by atoms with E-state index >= 15 is 0 Å². The van der Waals surface area contributed by atoms with E-state index in [4.69, 9.17) is 5.73 Å². The number of aliphatic hydroxyl groups excluding tert-OH is 1. The number of carbonyl (C=O) groups excluding carboxylic acids is 1. The van der Waals surface area contributed by atoms with E-state index < -0.39 is 0 Å². The Morgan fingerprint density at radius 1 is 1.38 bits per heavy atom. The van der Waals surface area contributed by atoms with Gasteiger partial charge in [0.15, 0.2) is 0 Å². The van der Waals surface area contributed by atoms with E-state index in [2.05, 4.69) is 35.8 Å². The van der Waals surface area contributed by atoms with E-state index in [1.807, 2.05) is 4.90 Å². The summed E-state index contributed by atoms with van der Waals surface area (Å²) in [6.07, 6.45) is 3.72. The summed E-state index contributed by atoms with van der Waals surface area (Å²) in [5.41, 5.74) is 6.94. The summed E-state index contributed by atoms with van der Waals surface area (Å²) in [4.78, 5) is 25.7. The van der Waals surface area contributed by atoms with Gasteiger partial charge in [-0.3, -0.25) is 4.79 Å². The van der Waals surface area contributed by atoms with E-state index in [1.165, 1.54) is 0 Å². The predicted molar refractivity (Wildman–Crippen MR) is 101 cm³/mol. The highest BCUT2D eigenvalue weighted by Gasteiger charge is 2.47. The van der Waals surface area contributed by atoms with Gasteiger partial charge in [0.2, 0.25) is 5.95 Å². The second-order valence-corrected chi connectivity index (χ2v) is 8.32. The van der Waals surface area contributed by atoms with Gasteiger partial charge in [0.25, 0.3) is 5.91 Å². The topological polar surface area (TPSA) is 95.6 Å². The second kappa shape index (κ2) is 7.48. The maximum Gasteiger partial charge on any atom is 0.272 e. The third-order valence-electron chi connectivity index (χ3n) is 5.93. The number of hydrogen-bond donors (Lipinski definition) is 2. The molecule has 26 heavy (non-hydrogen) atoms. The second-order valence-electron chi connectivity index (χ2n) is 8.32. The minimum absolute atomic E-state index is 0.0860. The molecule has 0 aromatic carbocycles. The van der Waals surface area contributed by atoms with Crippen molar-refractivity contribution in [3.05, 3.63) is 17.5 Å². The smallest absolute Gasteiger partial charge is 0.272 e. The number of aromatic nitrogens is 2. The van der Waals surface area contributed by atoms with Crippen molar-refractivity contribution in [2.24, 2.45) is 11.3 Å². The van der Waals surface area contributed by atoms with Crippen molar-refractivity contribution in [1.29, 1.82) is 0 Å². The van der Waals surface area contributed by atoms with Crippen LogP contribution in [0, 0.1) is 11.3 Å².